The number of nitrogens with one attached hydrogen (secondary N) is 1. The predicted octanol–water partition coefficient (Wildman–Crippen LogP) is 4.83. The van der Waals surface area contributed by atoms with Crippen molar-refractivity contribution in [2.45, 2.75) is 83.5 Å². The van der Waals surface area contributed by atoms with Gasteiger partial charge in [0.25, 0.3) is 5.56 Å². The van der Waals surface area contributed by atoms with Gasteiger partial charge in [0.1, 0.15) is 11.6 Å². The Hall–Kier alpha value is -2.76. The average molecular weight is 575 g/mol. The van der Waals surface area contributed by atoms with Crippen molar-refractivity contribution in [2.75, 3.05) is 40.8 Å². The van der Waals surface area contributed by atoms with Gasteiger partial charge in [-0.2, -0.15) is 4.31 Å². The van der Waals surface area contributed by atoms with Crippen molar-refractivity contribution in [3.8, 4) is 17.1 Å². The molecule has 0 spiro atoms. The Morgan fingerprint density at radius 2 is 1.80 bits per heavy atom. The Bertz CT molecular complexity index is 1430. The van der Waals surface area contributed by atoms with E-state index >= 15 is 0 Å². The molecule has 11 heteroatoms. The largest absolute Gasteiger partial charge is 0.493 e. The van der Waals surface area contributed by atoms with Gasteiger partial charge < -0.3 is 14.6 Å². The number of unbranched alkanes of at least 4 members (excludes halogenated alkanes) is 3. The van der Waals surface area contributed by atoms with Gasteiger partial charge >= 0.3 is 0 Å². The number of fused-ring (bicyclic) bond motifs is 1. The Morgan fingerprint density at radius 3 is 2.45 bits per heavy atom. The molecular formula is C29H46N6O4S. The molecule has 1 N–H and O–H groups in total. The number of aryl methyl sites for hydroxylation is 1. The third kappa shape index (κ3) is 7.30. The number of aromatic nitrogens is 4. The first-order chi connectivity index (χ1) is 19.0. The number of ether oxygens (including phenoxy) is 1. The van der Waals surface area contributed by atoms with Crippen molar-refractivity contribution in [3.05, 3.63) is 40.1 Å². The first kappa shape index (κ1) is 31.8. The molecule has 40 heavy (non-hydrogen) atoms. The second-order valence-corrected chi connectivity index (χ2v) is 12.8. The maximum absolute atomic E-state index is 13.4. The Morgan fingerprint density at radius 1 is 1.05 bits per heavy atom. The second kappa shape index (κ2) is 14.2. The molecule has 1 atom stereocenters. The fourth-order valence-electron chi connectivity index (χ4n) is 4.75. The van der Waals surface area contributed by atoms with Gasteiger partial charge in [0.15, 0.2) is 11.3 Å². The number of aromatic amines is 1. The van der Waals surface area contributed by atoms with Crippen molar-refractivity contribution in [3.63, 3.8) is 0 Å². The lowest BCUT2D eigenvalue weighted by Gasteiger charge is -2.20. The van der Waals surface area contributed by atoms with Crippen LogP contribution in [-0.2, 0) is 10.0 Å². The maximum Gasteiger partial charge on any atom is 0.277 e. The number of nitrogens with zero attached hydrogens (tertiary/aromatic N) is 5. The molecule has 3 aromatic rings. The van der Waals surface area contributed by atoms with Crippen LogP contribution in [0.2, 0.25) is 0 Å². The van der Waals surface area contributed by atoms with Crippen LogP contribution in [0.25, 0.3) is 16.9 Å². The number of rotatable bonds is 16. The molecule has 0 aliphatic rings. The second-order valence-electron chi connectivity index (χ2n) is 10.7. The highest BCUT2D eigenvalue weighted by atomic mass is 32.2. The predicted molar refractivity (Wildman–Crippen MR) is 160 cm³/mol. The number of hydrogen-bond acceptors (Lipinski definition) is 7. The van der Waals surface area contributed by atoms with Crippen LogP contribution in [0, 0.1) is 6.92 Å². The summed E-state index contributed by atoms with van der Waals surface area (Å²) in [5, 5.41) is 4.84. The van der Waals surface area contributed by atoms with Crippen LogP contribution in [0.5, 0.6) is 5.75 Å². The number of likely N-dealkylation sites (N-methyl/N-ethyl adjacent to an activating group) is 2. The molecule has 0 fully saturated rings. The smallest absolute Gasteiger partial charge is 0.277 e. The van der Waals surface area contributed by atoms with Gasteiger partial charge in [-0.3, -0.25) is 4.79 Å². The first-order valence-corrected chi connectivity index (χ1v) is 15.9. The van der Waals surface area contributed by atoms with E-state index in [4.69, 9.17) is 14.8 Å². The molecule has 3 rings (SSSR count). The first-order valence-electron chi connectivity index (χ1n) is 14.4. The van der Waals surface area contributed by atoms with Crippen molar-refractivity contribution in [1.29, 1.82) is 0 Å². The van der Waals surface area contributed by atoms with Crippen LogP contribution in [-0.4, -0.2) is 78.0 Å². The van der Waals surface area contributed by atoms with E-state index in [9.17, 15) is 13.2 Å². The highest BCUT2D eigenvalue weighted by molar-refractivity contribution is 7.89. The molecule has 0 bridgehead atoms. The van der Waals surface area contributed by atoms with Gasteiger partial charge in [0, 0.05) is 26.1 Å². The van der Waals surface area contributed by atoms with E-state index in [1.807, 2.05) is 32.8 Å². The molecular weight excluding hydrogens is 528 g/mol. The number of imidazole rings is 1. The van der Waals surface area contributed by atoms with Crippen LogP contribution in [0.3, 0.4) is 0 Å². The maximum atomic E-state index is 13.4. The summed E-state index contributed by atoms with van der Waals surface area (Å²) in [6.07, 6.45) is 7.25. The quantitative estimate of drug-likeness (QED) is 0.244. The number of sulfonamides is 1. The Balaban J connectivity index is 2.13. The SMILES string of the molecule is CCCCCCC(CC)c1nc(C)c2c(=O)[nH]c(-c3cc(S(=O)(=O)N(C)CCN(C)C)ccc3OCCC)nn12. The van der Waals surface area contributed by atoms with Crippen LogP contribution >= 0.6 is 0 Å². The van der Waals surface area contributed by atoms with Gasteiger partial charge in [0.2, 0.25) is 10.0 Å². The van der Waals surface area contributed by atoms with Crippen molar-refractivity contribution in [1.82, 2.24) is 28.8 Å². The number of benzene rings is 1. The van der Waals surface area contributed by atoms with Gasteiger partial charge in [-0.05, 0) is 58.5 Å². The zero-order valence-corrected chi connectivity index (χ0v) is 26.0. The lowest BCUT2D eigenvalue weighted by atomic mass is 9.97. The lowest BCUT2D eigenvalue weighted by molar-refractivity contribution is 0.318. The summed E-state index contributed by atoms with van der Waals surface area (Å²) >= 11 is 0. The highest BCUT2D eigenvalue weighted by Gasteiger charge is 2.25. The summed E-state index contributed by atoms with van der Waals surface area (Å²) in [6, 6.07) is 4.73. The molecule has 1 unspecified atom stereocenters. The molecule has 0 saturated heterocycles. The van der Waals surface area contributed by atoms with E-state index in [0.29, 0.717) is 42.2 Å². The summed E-state index contributed by atoms with van der Waals surface area (Å²) in [4.78, 5) is 23.1. The molecule has 10 nitrogen and oxygen atoms in total. The highest BCUT2D eigenvalue weighted by Crippen LogP contribution is 2.32. The van der Waals surface area contributed by atoms with Gasteiger partial charge in [0.05, 0.1) is 22.8 Å². The number of hydrogen-bond donors (Lipinski definition) is 1. The van der Waals surface area contributed by atoms with Crippen LogP contribution in [0.15, 0.2) is 27.9 Å². The molecule has 0 saturated carbocycles. The van der Waals surface area contributed by atoms with E-state index in [0.717, 1.165) is 37.9 Å². The van der Waals surface area contributed by atoms with E-state index in [2.05, 4.69) is 18.8 Å². The summed E-state index contributed by atoms with van der Waals surface area (Å²) in [5.74, 6) is 1.63. The van der Waals surface area contributed by atoms with E-state index in [1.54, 1.807) is 29.8 Å². The van der Waals surface area contributed by atoms with Gasteiger partial charge in [-0.1, -0.05) is 46.5 Å². The van der Waals surface area contributed by atoms with E-state index < -0.39 is 10.0 Å². The summed E-state index contributed by atoms with van der Waals surface area (Å²) in [6.45, 7) is 9.52. The third-order valence-electron chi connectivity index (χ3n) is 7.20. The monoisotopic (exact) mass is 574 g/mol. The molecule has 1 aromatic carbocycles. The standard InChI is InChI=1S/C29H46N6O4S/c1-8-11-12-13-14-22(10-3)28-30-21(4)26-29(36)31-27(32-35(26)28)24-20-23(15-16-25(24)39-19-9-2)40(37,38)34(7)18-17-33(5)6/h15-16,20,22H,8-14,17-19H2,1-7H3,(H,31,32,36). The third-order valence-corrected chi connectivity index (χ3v) is 9.06. The minimum Gasteiger partial charge on any atom is -0.493 e. The number of H-pyrrole nitrogens is 1. The summed E-state index contributed by atoms with van der Waals surface area (Å²) in [7, 11) is 1.59. The molecule has 0 amide bonds. The fourth-order valence-corrected chi connectivity index (χ4v) is 5.93. The van der Waals surface area contributed by atoms with Crippen LogP contribution in [0.1, 0.15) is 83.2 Å². The lowest BCUT2D eigenvalue weighted by Crippen LogP contribution is -2.33. The molecule has 0 radical (unpaired) electrons. The Kier molecular flexibility index (Phi) is 11.3. The van der Waals surface area contributed by atoms with Gasteiger partial charge in [-0.25, -0.2) is 17.9 Å². The zero-order valence-electron chi connectivity index (χ0n) is 25.2. The topological polar surface area (TPSA) is 113 Å². The van der Waals surface area contributed by atoms with Crippen molar-refractivity contribution in [2.24, 2.45) is 0 Å². The van der Waals surface area contributed by atoms with Gasteiger partial charge in [-0.15, -0.1) is 5.10 Å². The summed E-state index contributed by atoms with van der Waals surface area (Å²) in [5.41, 5.74) is 1.14. The molecule has 0 aliphatic heterocycles. The summed E-state index contributed by atoms with van der Waals surface area (Å²) < 4.78 is 35.8. The van der Waals surface area contributed by atoms with Crippen LogP contribution in [0.4, 0.5) is 0 Å². The minimum atomic E-state index is -3.78. The average Bonchev–Trinajstić information content (AvgIpc) is 3.26. The Labute approximate surface area is 238 Å². The minimum absolute atomic E-state index is 0.111. The fraction of sp³-hybridized carbons (Fsp3) is 0.621. The molecule has 222 valence electrons. The zero-order chi connectivity index (χ0) is 29.4. The van der Waals surface area contributed by atoms with Crippen molar-refractivity contribution >= 4 is 15.5 Å². The van der Waals surface area contributed by atoms with E-state index in [-0.39, 0.29) is 22.2 Å². The molecule has 2 aromatic heterocycles. The normalized spacial score (nSPS) is 13.0. The molecule has 0 aliphatic carbocycles. The van der Waals surface area contributed by atoms with Crippen molar-refractivity contribution < 1.29 is 13.2 Å². The molecule has 2 heterocycles. The van der Waals surface area contributed by atoms with E-state index in [1.165, 1.54) is 17.1 Å². The van der Waals surface area contributed by atoms with Crippen LogP contribution < -0.4 is 10.3 Å².